The molecule has 0 spiro atoms. The first-order valence-electron chi connectivity index (χ1n) is 6.99. The third kappa shape index (κ3) is 4.78. The Bertz CT molecular complexity index is 461. The Morgan fingerprint density at radius 2 is 2.10 bits per heavy atom. The third-order valence-corrected chi connectivity index (χ3v) is 4.19. The van der Waals surface area contributed by atoms with Gasteiger partial charge >= 0.3 is 0 Å². The topological polar surface area (TPSA) is 38.3 Å². The standard InChI is InChI=1S/C15H19BrFNO2/c16-13-8-12(17)6-7-14(13)20-10-15(19)18-9-11-4-2-1-3-5-11/h6-8,11H,1-5,9-10H2,(H,18,19). The van der Waals surface area contributed by atoms with E-state index < -0.39 is 0 Å². The molecular formula is C15H19BrFNO2. The van der Waals surface area contributed by atoms with Crippen molar-refractivity contribution in [3.8, 4) is 5.75 Å². The third-order valence-electron chi connectivity index (χ3n) is 3.57. The van der Waals surface area contributed by atoms with Gasteiger partial charge < -0.3 is 10.1 Å². The molecule has 5 heteroatoms. The van der Waals surface area contributed by atoms with Crippen LogP contribution in [0.2, 0.25) is 0 Å². The van der Waals surface area contributed by atoms with E-state index in [1.165, 1.54) is 50.3 Å². The summed E-state index contributed by atoms with van der Waals surface area (Å²) < 4.78 is 18.8. The van der Waals surface area contributed by atoms with Crippen molar-refractivity contribution in [2.75, 3.05) is 13.2 Å². The minimum Gasteiger partial charge on any atom is -0.483 e. The molecule has 1 fully saturated rings. The molecule has 20 heavy (non-hydrogen) atoms. The number of nitrogens with one attached hydrogen (secondary N) is 1. The summed E-state index contributed by atoms with van der Waals surface area (Å²) in [7, 11) is 0. The van der Waals surface area contributed by atoms with Crippen LogP contribution in [-0.4, -0.2) is 19.1 Å². The molecule has 3 nitrogen and oxygen atoms in total. The number of hydrogen-bond acceptors (Lipinski definition) is 2. The molecule has 1 aliphatic rings. The lowest BCUT2D eigenvalue weighted by atomic mass is 9.89. The Balaban J connectivity index is 1.71. The van der Waals surface area contributed by atoms with E-state index >= 15 is 0 Å². The Morgan fingerprint density at radius 1 is 1.35 bits per heavy atom. The molecule has 0 bridgehead atoms. The number of carbonyl (C=O) groups is 1. The maximum absolute atomic E-state index is 12.9. The molecule has 1 aromatic rings. The zero-order valence-corrected chi connectivity index (χ0v) is 12.9. The van der Waals surface area contributed by atoms with E-state index in [9.17, 15) is 9.18 Å². The Labute approximate surface area is 127 Å². The van der Waals surface area contributed by atoms with E-state index in [1.807, 2.05) is 0 Å². The fourth-order valence-electron chi connectivity index (χ4n) is 2.44. The number of ether oxygens (including phenoxy) is 1. The SMILES string of the molecule is O=C(COc1ccc(F)cc1Br)NCC1CCCCC1. The summed E-state index contributed by atoms with van der Waals surface area (Å²) in [4.78, 5) is 11.7. The molecule has 1 amide bonds. The second-order valence-electron chi connectivity index (χ2n) is 5.17. The number of halogens is 2. The molecule has 1 aromatic carbocycles. The summed E-state index contributed by atoms with van der Waals surface area (Å²) in [6.07, 6.45) is 6.24. The van der Waals surface area contributed by atoms with Crippen LogP contribution >= 0.6 is 15.9 Å². The largest absolute Gasteiger partial charge is 0.483 e. The second-order valence-corrected chi connectivity index (χ2v) is 6.03. The molecule has 2 rings (SSSR count). The van der Waals surface area contributed by atoms with Gasteiger partial charge in [0.05, 0.1) is 4.47 Å². The van der Waals surface area contributed by atoms with Gasteiger partial charge in [-0.2, -0.15) is 0 Å². The van der Waals surface area contributed by atoms with Crippen molar-refractivity contribution in [2.24, 2.45) is 5.92 Å². The molecule has 0 saturated heterocycles. The van der Waals surface area contributed by atoms with Crippen molar-refractivity contribution >= 4 is 21.8 Å². The van der Waals surface area contributed by atoms with Crippen molar-refractivity contribution in [3.63, 3.8) is 0 Å². The van der Waals surface area contributed by atoms with Crippen LogP contribution in [0.15, 0.2) is 22.7 Å². The monoisotopic (exact) mass is 343 g/mol. The van der Waals surface area contributed by atoms with Crippen LogP contribution < -0.4 is 10.1 Å². The average Bonchev–Trinajstić information content (AvgIpc) is 2.45. The smallest absolute Gasteiger partial charge is 0.257 e. The van der Waals surface area contributed by atoms with E-state index in [2.05, 4.69) is 21.2 Å². The van der Waals surface area contributed by atoms with Crippen LogP contribution in [0.5, 0.6) is 5.75 Å². The summed E-state index contributed by atoms with van der Waals surface area (Å²) in [5.74, 6) is 0.599. The van der Waals surface area contributed by atoms with Crippen molar-refractivity contribution in [3.05, 3.63) is 28.5 Å². The van der Waals surface area contributed by atoms with E-state index in [0.29, 0.717) is 16.1 Å². The maximum Gasteiger partial charge on any atom is 0.257 e. The minimum absolute atomic E-state index is 0.0447. The van der Waals surface area contributed by atoms with Crippen molar-refractivity contribution in [1.29, 1.82) is 0 Å². The Hall–Kier alpha value is -1.10. The van der Waals surface area contributed by atoms with Crippen LogP contribution in [-0.2, 0) is 4.79 Å². The van der Waals surface area contributed by atoms with Gasteiger partial charge in [0.15, 0.2) is 6.61 Å². The zero-order chi connectivity index (χ0) is 14.4. The van der Waals surface area contributed by atoms with Gasteiger partial charge in [0.1, 0.15) is 11.6 Å². The first-order valence-corrected chi connectivity index (χ1v) is 7.79. The predicted molar refractivity (Wildman–Crippen MR) is 79.2 cm³/mol. The molecule has 1 N–H and O–H groups in total. The molecule has 0 heterocycles. The highest BCUT2D eigenvalue weighted by molar-refractivity contribution is 9.10. The fourth-order valence-corrected chi connectivity index (χ4v) is 2.90. The molecule has 0 radical (unpaired) electrons. The first kappa shape index (κ1) is 15.3. The highest BCUT2D eigenvalue weighted by atomic mass is 79.9. The lowest BCUT2D eigenvalue weighted by Crippen LogP contribution is -2.33. The number of amides is 1. The molecule has 0 atom stereocenters. The van der Waals surface area contributed by atoms with E-state index in [-0.39, 0.29) is 18.3 Å². The van der Waals surface area contributed by atoms with E-state index in [1.54, 1.807) is 0 Å². The predicted octanol–water partition coefficient (Wildman–Crippen LogP) is 3.66. The van der Waals surface area contributed by atoms with E-state index in [4.69, 9.17) is 4.74 Å². The summed E-state index contributed by atoms with van der Waals surface area (Å²) in [5.41, 5.74) is 0. The maximum atomic E-state index is 12.9. The van der Waals surface area contributed by atoms with Gasteiger partial charge in [0.2, 0.25) is 0 Å². The zero-order valence-electron chi connectivity index (χ0n) is 11.3. The summed E-state index contributed by atoms with van der Waals surface area (Å²) in [6, 6.07) is 4.13. The Morgan fingerprint density at radius 3 is 2.80 bits per heavy atom. The number of benzene rings is 1. The summed E-state index contributed by atoms with van der Waals surface area (Å²) in [5, 5.41) is 2.90. The normalized spacial score (nSPS) is 15.9. The molecular weight excluding hydrogens is 325 g/mol. The van der Waals surface area contributed by atoms with Gasteiger partial charge in [-0.25, -0.2) is 4.39 Å². The Kier molecular flexibility index (Phi) is 5.83. The van der Waals surface area contributed by atoms with Crippen LogP contribution in [0.25, 0.3) is 0 Å². The second kappa shape index (κ2) is 7.62. The van der Waals surface area contributed by atoms with Gasteiger partial charge in [-0.05, 0) is 52.9 Å². The van der Waals surface area contributed by atoms with Gasteiger partial charge in [-0.1, -0.05) is 19.3 Å². The average molecular weight is 344 g/mol. The van der Waals surface area contributed by atoms with Crippen LogP contribution in [0, 0.1) is 11.7 Å². The number of hydrogen-bond donors (Lipinski definition) is 1. The van der Waals surface area contributed by atoms with Crippen LogP contribution in [0.4, 0.5) is 4.39 Å². The van der Waals surface area contributed by atoms with Gasteiger partial charge in [-0.3, -0.25) is 4.79 Å². The highest BCUT2D eigenvalue weighted by Crippen LogP contribution is 2.25. The lowest BCUT2D eigenvalue weighted by molar-refractivity contribution is -0.123. The van der Waals surface area contributed by atoms with Crippen LogP contribution in [0.3, 0.4) is 0 Å². The first-order chi connectivity index (χ1) is 9.65. The molecule has 0 aromatic heterocycles. The summed E-state index contributed by atoms with van der Waals surface area (Å²) >= 11 is 3.20. The van der Waals surface area contributed by atoms with Crippen molar-refractivity contribution in [2.45, 2.75) is 32.1 Å². The van der Waals surface area contributed by atoms with Gasteiger partial charge in [-0.15, -0.1) is 0 Å². The molecule has 0 aliphatic heterocycles. The van der Waals surface area contributed by atoms with Gasteiger partial charge in [0.25, 0.3) is 5.91 Å². The molecule has 110 valence electrons. The molecule has 0 unspecified atom stereocenters. The van der Waals surface area contributed by atoms with Gasteiger partial charge in [0, 0.05) is 6.54 Å². The minimum atomic E-state index is -0.342. The molecule has 1 saturated carbocycles. The van der Waals surface area contributed by atoms with Crippen molar-refractivity contribution < 1.29 is 13.9 Å². The van der Waals surface area contributed by atoms with Crippen molar-refractivity contribution in [1.82, 2.24) is 5.32 Å². The van der Waals surface area contributed by atoms with E-state index in [0.717, 1.165) is 6.54 Å². The quantitative estimate of drug-likeness (QED) is 0.885. The fraction of sp³-hybridized carbons (Fsp3) is 0.533. The number of rotatable bonds is 5. The highest BCUT2D eigenvalue weighted by Gasteiger charge is 2.14. The lowest BCUT2D eigenvalue weighted by Gasteiger charge is -2.21. The number of carbonyl (C=O) groups excluding carboxylic acids is 1. The molecule has 1 aliphatic carbocycles. The van der Waals surface area contributed by atoms with Crippen LogP contribution in [0.1, 0.15) is 32.1 Å². The summed E-state index contributed by atoms with van der Waals surface area (Å²) in [6.45, 7) is 0.684.